The Hall–Kier alpha value is -1.39. The van der Waals surface area contributed by atoms with Gasteiger partial charge in [0.15, 0.2) is 0 Å². The van der Waals surface area contributed by atoms with E-state index in [1.807, 2.05) is 18.3 Å². The largest absolute Gasteiger partial charge is 0.497 e. The molecule has 1 N–H and O–H groups in total. The molecule has 0 amide bonds. The first kappa shape index (κ1) is 14.0. The van der Waals surface area contributed by atoms with Crippen LogP contribution in [0.5, 0.6) is 5.75 Å². The van der Waals surface area contributed by atoms with Crippen molar-refractivity contribution in [2.75, 3.05) is 7.11 Å². The van der Waals surface area contributed by atoms with E-state index in [9.17, 15) is 0 Å². The van der Waals surface area contributed by atoms with Crippen LogP contribution in [-0.2, 0) is 13.0 Å². The molecule has 0 saturated carbocycles. The minimum absolute atomic E-state index is 0.285. The van der Waals surface area contributed by atoms with Crippen LogP contribution in [0.2, 0.25) is 0 Å². The van der Waals surface area contributed by atoms with Crippen molar-refractivity contribution in [1.82, 2.24) is 10.3 Å². The van der Waals surface area contributed by atoms with Crippen molar-refractivity contribution in [1.29, 1.82) is 0 Å². The van der Waals surface area contributed by atoms with Crippen LogP contribution in [0.25, 0.3) is 0 Å². The fourth-order valence-corrected chi connectivity index (χ4v) is 2.67. The molecule has 1 unspecified atom stereocenters. The Balaban J connectivity index is 1.90. The molecule has 0 radical (unpaired) electrons. The van der Waals surface area contributed by atoms with Gasteiger partial charge in [0.1, 0.15) is 10.8 Å². The monoisotopic (exact) mass is 276 g/mol. The van der Waals surface area contributed by atoms with E-state index < -0.39 is 0 Å². The first-order valence-corrected chi connectivity index (χ1v) is 7.35. The average molecular weight is 276 g/mol. The van der Waals surface area contributed by atoms with Crippen molar-refractivity contribution in [2.24, 2.45) is 0 Å². The third-order valence-electron chi connectivity index (χ3n) is 3.06. The summed E-state index contributed by atoms with van der Waals surface area (Å²) in [6.45, 7) is 5.15. The predicted molar refractivity (Wildman–Crippen MR) is 79.7 cm³/mol. The lowest BCUT2D eigenvalue weighted by atomic mass is 10.2. The lowest BCUT2D eigenvalue weighted by molar-refractivity contribution is 0.414. The number of benzene rings is 1. The van der Waals surface area contributed by atoms with E-state index in [1.165, 1.54) is 10.4 Å². The molecule has 0 fully saturated rings. The molecule has 0 bridgehead atoms. The number of ether oxygens (including phenoxy) is 1. The van der Waals surface area contributed by atoms with Crippen molar-refractivity contribution in [3.05, 3.63) is 45.9 Å². The molecule has 1 heterocycles. The molecule has 1 atom stereocenters. The van der Waals surface area contributed by atoms with Crippen LogP contribution in [0.3, 0.4) is 0 Å². The highest BCUT2D eigenvalue weighted by Gasteiger charge is 2.09. The maximum Gasteiger partial charge on any atom is 0.118 e. The third-order valence-corrected chi connectivity index (χ3v) is 4.39. The lowest BCUT2D eigenvalue weighted by Crippen LogP contribution is -2.17. The van der Waals surface area contributed by atoms with Crippen molar-refractivity contribution >= 4 is 11.3 Å². The second kappa shape index (κ2) is 6.68. The summed E-state index contributed by atoms with van der Waals surface area (Å²) in [7, 11) is 1.68. The van der Waals surface area contributed by atoms with E-state index in [-0.39, 0.29) is 6.04 Å². The summed E-state index contributed by atoms with van der Waals surface area (Å²) in [5.41, 5.74) is 1.25. The molecule has 2 rings (SSSR count). The maximum absolute atomic E-state index is 5.15. The number of nitrogens with one attached hydrogen (secondary N) is 1. The number of hydrogen-bond acceptors (Lipinski definition) is 4. The molecule has 102 valence electrons. The van der Waals surface area contributed by atoms with Crippen molar-refractivity contribution < 1.29 is 4.74 Å². The molecule has 1 aromatic heterocycles. The topological polar surface area (TPSA) is 34.2 Å². The lowest BCUT2D eigenvalue weighted by Gasteiger charge is -2.11. The number of thiazole rings is 1. The first-order valence-electron chi connectivity index (χ1n) is 6.53. The van der Waals surface area contributed by atoms with Gasteiger partial charge in [-0.05, 0) is 31.0 Å². The van der Waals surface area contributed by atoms with Gasteiger partial charge in [-0.25, -0.2) is 4.98 Å². The first-order chi connectivity index (χ1) is 9.22. The van der Waals surface area contributed by atoms with E-state index in [0.29, 0.717) is 0 Å². The van der Waals surface area contributed by atoms with Crippen LogP contribution in [0.1, 0.15) is 35.3 Å². The van der Waals surface area contributed by atoms with Crippen LogP contribution in [-0.4, -0.2) is 12.1 Å². The molecule has 0 aliphatic heterocycles. The van der Waals surface area contributed by atoms with Gasteiger partial charge in [-0.1, -0.05) is 19.1 Å². The smallest absolute Gasteiger partial charge is 0.118 e. The Morgan fingerprint density at radius 2 is 2.05 bits per heavy atom. The number of nitrogens with zero attached hydrogens (tertiary/aromatic N) is 1. The number of methoxy groups -OCH3 is 1. The summed E-state index contributed by atoms with van der Waals surface area (Å²) >= 11 is 1.79. The van der Waals surface area contributed by atoms with Crippen molar-refractivity contribution in [2.45, 2.75) is 32.9 Å². The number of hydrogen-bond donors (Lipinski definition) is 1. The van der Waals surface area contributed by atoms with Gasteiger partial charge >= 0.3 is 0 Å². The normalized spacial score (nSPS) is 12.4. The highest BCUT2D eigenvalue weighted by atomic mass is 32.1. The summed E-state index contributed by atoms with van der Waals surface area (Å²) < 4.78 is 5.15. The molecular formula is C15H20N2OS. The van der Waals surface area contributed by atoms with Crippen molar-refractivity contribution in [3.63, 3.8) is 0 Å². The van der Waals surface area contributed by atoms with Gasteiger partial charge in [-0.3, -0.25) is 0 Å². The molecule has 19 heavy (non-hydrogen) atoms. The summed E-state index contributed by atoms with van der Waals surface area (Å²) in [5.74, 6) is 0.893. The van der Waals surface area contributed by atoms with E-state index in [0.717, 1.165) is 23.7 Å². The second-order valence-corrected chi connectivity index (χ2v) is 5.62. The van der Waals surface area contributed by atoms with E-state index in [2.05, 4.69) is 36.3 Å². The van der Waals surface area contributed by atoms with Gasteiger partial charge in [0.25, 0.3) is 0 Å². The molecule has 0 aliphatic rings. The van der Waals surface area contributed by atoms with Gasteiger partial charge in [-0.2, -0.15) is 0 Å². The Bertz CT molecular complexity index is 507. The molecule has 0 saturated heterocycles. The van der Waals surface area contributed by atoms with Crippen LogP contribution in [0.4, 0.5) is 0 Å². The molecular weight excluding hydrogens is 256 g/mol. The fraction of sp³-hybridized carbons (Fsp3) is 0.400. The minimum atomic E-state index is 0.285. The third kappa shape index (κ3) is 3.78. The maximum atomic E-state index is 5.15. The standard InChI is InChI=1S/C15H20N2OS/c1-4-14-10-17-15(19-14)11(2)16-9-12-5-7-13(18-3)8-6-12/h5-8,10-11,16H,4,9H2,1-3H3. The average Bonchev–Trinajstić information content (AvgIpc) is 2.94. The Morgan fingerprint density at radius 1 is 1.32 bits per heavy atom. The number of aryl methyl sites for hydroxylation is 1. The summed E-state index contributed by atoms with van der Waals surface area (Å²) in [6.07, 6.45) is 3.04. The Kier molecular flexibility index (Phi) is 4.93. The zero-order valence-corrected chi connectivity index (χ0v) is 12.5. The quantitative estimate of drug-likeness (QED) is 0.876. The summed E-state index contributed by atoms with van der Waals surface area (Å²) in [6, 6.07) is 8.42. The van der Waals surface area contributed by atoms with Gasteiger partial charge in [0, 0.05) is 17.6 Å². The van der Waals surface area contributed by atoms with Crippen LogP contribution in [0.15, 0.2) is 30.5 Å². The minimum Gasteiger partial charge on any atom is -0.497 e. The van der Waals surface area contributed by atoms with Gasteiger partial charge in [0.2, 0.25) is 0 Å². The fourth-order valence-electron chi connectivity index (χ4n) is 1.79. The molecule has 1 aromatic carbocycles. The van der Waals surface area contributed by atoms with Gasteiger partial charge in [-0.15, -0.1) is 11.3 Å². The van der Waals surface area contributed by atoms with Crippen LogP contribution < -0.4 is 10.1 Å². The second-order valence-electron chi connectivity index (χ2n) is 4.47. The summed E-state index contributed by atoms with van der Waals surface area (Å²) in [5, 5.41) is 4.65. The zero-order chi connectivity index (χ0) is 13.7. The zero-order valence-electron chi connectivity index (χ0n) is 11.6. The highest BCUT2D eigenvalue weighted by Crippen LogP contribution is 2.20. The van der Waals surface area contributed by atoms with Crippen LogP contribution in [0, 0.1) is 0 Å². The van der Waals surface area contributed by atoms with E-state index >= 15 is 0 Å². The van der Waals surface area contributed by atoms with Crippen molar-refractivity contribution in [3.8, 4) is 5.75 Å². The molecule has 0 aliphatic carbocycles. The van der Waals surface area contributed by atoms with E-state index in [1.54, 1.807) is 18.4 Å². The molecule has 0 spiro atoms. The Labute approximate surface area is 118 Å². The predicted octanol–water partition coefficient (Wildman–Crippen LogP) is 3.56. The van der Waals surface area contributed by atoms with E-state index in [4.69, 9.17) is 4.74 Å². The number of rotatable bonds is 6. The Morgan fingerprint density at radius 3 is 2.63 bits per heavy atom. The van der Waals surface area contributed by atoms with Gasteiger partial charge < -0.3 is 10.1 Å². The SMILES string of the molecule is CCc1cnc(C(C)NCc2ccc(OC)cc2)s1. The molecule has 4 heteroatoms. The van der Waals surface area contributed by atoms with Gasteiger partial charge in [0.05, 0.1) is 13.2 Å². The number of aromatic nitrogens is 1. The van der Waals surface area contributed by atoms with Crippen LogP contribution >= 0.6 is 11.3 Å². The summed E-state index contributed by atoms with van der Waals surface area (Å²) in [4.78, 5) is 5.80. The molecule has 3 nitrogen and oxygen atoms in total. The highest BCUT2D eigenvalue weighted by molar-refractivity contribution is 7.11. The molecule has 2 aromatic rings.